The maximum absolute atomic E-state index is 12.9. The standard InChI is InChI=1S/C24H20N4O4/c1-15-13-22(29)23(26-27(15)20-9-5-6-10-21(20)28(31)32)24(30)25-16(2)18-12-11-17-7-3-4-8-19(17)14-18/h3-14,16H,1-2H3,(H,25,30). The Morgan fingerprint density at radius 1 is 1.03 bits per heavy atom. The molecular formula is C24H20N4O4. The molecule has 0 saturated carbocycles. The normalized spacial score (nSPS) is 11.8. The van der Waals surface area contributed by atoms with Crippen molar-refractivity contribution >= 4 is 22.4 Å². The van der Waals surface area contributed by atoms with Crippen molar-refractivity contribution in [3.8, 4) is 5.69 Å². The van der Waals surface area contributed by atoms with E-state index >= 15 is 0 Å². The fourth-order valence-corrected chi connectivity index (χ4v) is 3.57. The van der Waals surface area contributed by atoms with Gasteiger partial charge in [-0.3, -0.25) is 19.7 Å². The van der Waals surface area contributed by atoms with Crippen LogP contribution in [-0.2, 0) is 0 Å². The van der Waals surface area contributed by atoms with Crippen molar-refractivity contribution in [2.45, 2.75) is 19.9 Å². The van der Waals surface area contributed by atoms with Gasteiger partial charge in [-0.15, -0.1) is 0 Å². The highest BCUT2D eigenvalue weighted by Gasteiger charge is 2.21. The summed E-state index contributed by atoms with van der Waals surface area (Å²) in [6.45, 7) is 3.42. The van der Waals surface area contributed by atoms with Crippen LogP contribution in [0.25, 0.3) is 16.5 Å². The highest BCUT2D eigenvalue weighted by Crippen LogP contribution is 2.23. The molecule has 8 heteroatoms. The predicted octanol–water partition coefficient (Wildman–Crippen LogP) is 4.09. The smallest absolute Gasteiger partial charge is 0.294 e. The molecule has 0 aliphatic rings. The predicted molar refractivity (Wildman–Crippen MR) is 121 cm³/mol. The Hall–Kier alpha value is -4.33. The zero-order chi connectivity index (χ0) is 22.8. The Balaban J connectivity index is 1.67. The number of aryl methyl sites for hydroxylation is 1. The molecule has 0 fully saturated rings. The van der Waals surface area contributed by atoms with Crippen LogP contribution < -0.4 is 10.7 Å². The Labute approximate surface area is 183 Å². The zero-order valence-electron chi connectivity index (χ0n) is 17.5. The second-order valence-electron chi connectivity index (χ2n) is 7.46. The summed E-state index contributed by atoms with van der Waals surface area (Å²) in [7, 11) is 0. The van der Waals surface area contributed by atoms with Crippen molar-refractivity contribution in [2.75, 3.05) is 0 Å². The number of nitro groups is 1. The van der Waals surface area contributed by atoms with Crippen molar-refractivity contribution in [2.24, 2.45) is 0 Å². The lowest BCUT2D eigenvalue weighted by molar-refractivity contribution is -0.384. The second kappa shape index (κ2) is 8.43. The minimum atomic E-state index is -0.650. The van der Waals surface area contributed by atoms with E-state index in [1.54, 1.807) is 19.1 Å². The van der Waals surface area contributed by atoms with Crippen LogP contribution in [0.1, 0.15) is 34.7 Å². The third-order valence-corrected chi connectivity index (χ3v) is 5.25. The number of carbonyl (C=O) groups excluding carboxylic acids is 1. The third-order valence-electron chi connectivity index (χ3n) is 5.25. The lowest BCUT2D eigenvalue weighted by Crippen LogP contribution is -2.33. The van der Waals surface area contributed by atoms with Crippen LogP contribution in [0.15, 0.2) is 77.6 Å². The molecule has 1 N–H and O–H groups in total. The molecule has 0 radical (unpaired) electrons. The Bertz CT molecular complexity index is 1410. The van der Waals surface area contributed by atoms with E-state index in [4.69, 9.17) is 0 Å². The highest BCUT2D eigenvalue weighted by molar-refractivity contribution is 5.92. The topological polar surface area (TPSA) is 107 Å². The second-order valence-corrected chi connectivity index (χ2v) is 7.46. The van der Waals surface area contributed by atoms with E-state index in [0.29, 0.717) is 5.69 Å². The lowest BCUT2D eigenvalue weighted by Gasteiger charge is -2.16. The molecular weight excluding hydrogens is 408 g/mol. The van der Waals surface area contributed by atoms with Crippen molar-refractivity contribution in [3.63, 3.8) is 0 Å². The van der Waals surface area contributed by atoms with Gasteiger partial charge >= 0.3 is 0 Å². The molecule has 4 rings (SSSR count). The molecule has 32 heavy (non-hydrogen) atoms. The first-order valence-electron chi connectivity index (χ1n) is 9.99. The van der Waals surface area contributed by atoms with Gasteiger partial charge in [-0.1, -0.05) is 48.5 Å². The number of hydrogen-bond acceptors (Lipinski definition) is 5. The number of amides is 1. The molecule has 1 heterocycles. The van der Waals surface area contributed by atoms with E-state index in [0.717, 1.165) is 16.3 Å². The molecule has 160 valence electrons. The number of nitrogens with one attached hydrogen (secondary N) is 1. The van der Waals surface area contributed by atoms with Crippen LogP contribution in [0.2, 0.25) is 0 Å². The van der Waals surface area contributed by atoms with Gasteiger partial charge in [-0.2, -0.15) is 5.10 Å². The number of para-hydroxylation sites is 2. The van der Waals surface area contributed by atoms with E-state index in [9.17, 15) is 19.7 Å². The summed E-state index contributed by atoms with van der Waals surface area (Å²) in [5.74, 6) is -0.650. The van der Waals surface area contributed by atoms with E-state index < -0.39 is 16.3 Å². The van der Waals surface area contributed by atoms with Gasteiger partial charge in [-0.05, 0) is 42.3 Å². The van der Waals surface area contributed by atoms with Gasteiger partial charge in [0.2, 0.25) is 5.43 Å². The molecule has 0 aliphatic heterocycles. The molecule has 0 saturated heterocycles. The average Bonchev–Trinajstić information content (AvgIpc) is 2.78. The number of carbonyl (C=O) groups is 1. The number of benzene rings is 3. The first kappa shape index (κ1) is 20.9. The molecule has 1 amide bonds. The summed E-state index contributed by atoms with van der Waals surface area (Å²) in [4.78, 5) is 36.3. The maximum atomic E-state index is 12.9. The van der Waals surface area contributed by atoms with E-state index in [2.05, 4.69) is 10.4 Å². The highest BCUT2D eigenvalue weighted by atomic mass is 16.6. The number of fused-ring (bicyclic) bond motifs is 1. The molecule has 0 bridgehead atoms. The molecule has 4 aromatic rings. The van der Waals surface area contributed by atoms with E-state index in [1.165, 1.54) is 22.9 Å². The molecule has 1 atom stereocenters. The van der Waals surface area contributed by atoms with Crippen LogP contribution in [0, 0.1) is 17.0 Å². The van der Waals surface area contributed by atoms with Crippen molar-refractivity contribution in [3.05, 3.63) is 110 Å². The summed E-state index contributed by atoms with van der Waals surface area (Å²) in [6.07, 6.45) is 0. The summed E-state index contributed by atoms with van der Waals surface area (Å²) in [5.41, 5.74) is 0.364. The van der Waals surface area contributed by atoms with E-state index in [-0.39, 0.29) is 23.1 Å². The third kappa shape index (κ3) is 3.98. The van der Waals surface area contributed by atoms with Gasteiger partial charge in [0.05, 0.1) is 11.0 Å². The number of nitro benzene ring substituents is 1. The first-order valence-corrected chi connectivity index (χ1v) is 9.99. The number of nitrogens with zero attached hydrogens (tertiary/aromatic N) is 3. The minimum Gasteiger partial charge on any atom is -0.344 e. The molecule has 0 aliphatic carbocycles. The van der Waals surface area contributed by atoms with Gasteiger partial charge in [0.25, 0.3) is 11.6 Å². The van der Waals surface area contributed by atoms with Crippen LogP contribution in [-0.4, -0.2) is 20.6 Å². The lowest BCUT2D eigenvalue weighted by atomic mass is 10.0. The summed E-state index contributed by atoms with van der Waals surface area (Å²) >= 11 is 0. The maximum Gasteiger partial charge on any atom is 0.294 e. The fraction of sp³-hybridized carbons (Fsp3) is 0.125. The fourth-order valence-electron chi connectivity index (χ4n) is 3.57. The van der Waals surface area contributed by atoms with Gasteiger partial charge in [0, 0.05) is 17.8 Å². The summed E-state index contributed by atoms with van der Waals surface area (Å²) < 4.78 is 1.25. The number of hydrogen-bond donors (Lipinski definition) is 1. The summed E-state index contributed by atoms with van der Waals surface area (Å²) in [6, 6.07) is 20.7. The van der Waals surface area contributed by atoms with E-state index in [1.807, 2.05) is 49.4 Å². The van der Waals surface area contributed by atoms with Crippen LogP contribution in [0.5, 0.6) is 0 Å². The number of aromatic nitrogens is 2. The van der Waals surface area contributed by atoms with Gasteiger partial charge in [0.1, 0.15) is 5.69 Å². The van der Waals surface area contributed by atoms with Crippen LogP contribution in [0.3, 0.4) is 0 Å². The average molecular weight is 428 g/mol. The first-order chi connectivity index (χ1) is 15.3. The SMILES string of the molecule is Cc1cc(=O)c(C(=O)NC(C)c2ccc3ccccc3c2)nn1-c1ccccc1[N+](=O)[O-]. The molecule has 0 spiro atoms. The molecule has 1 unspecified atom stereocenters. The Morgan fingerprint density at radius 3 is 2.47 bits per heavy atom. The Kier molecular flexibility index (Phi) is 5.51. The van der Waals surface area contributed by atoms with Crippen LogP contribution in [0.4, 0.5) is 5.69 Å². The molecule has 1 aromatic heterocycles. The molecule has 3 aromatic carbocycles. The van der Waals surface area contributed by atoms with Gasteiger partial charge < -0.3 is 5.32 Å². The van der Waals surface area contributed by atoms with Gasteiger partial charge in [-0.25, -0.2) is 4.68 Å². The minimum absolute atomic E-state index is 0.173. The quantitative estimate of drug-likeness (QED) is 0.380. The zero-order valence-corrected chi connectivity index (χ0v) is 17.5. The Morgan fingerprint density at radius 2 is 1.72 bits per heavy atom. The monoisotopic (exact) mass is 428 g/mol. The van der Waals surface area contributed by atoms with Crippen molar-refractivity contribution < 1.29 is 9.72 Å². The van der Waals surface area contributed by atoms with Crippen molar-refractivity contribution in [1.29, 1.82) is 0 Å². The van der Waals surface area contributed by atoms with Crippen LogP contribution >= 0.6 is 0 Å². The largest absolute Gasteiger partial charge is 0.344 e. The van der Waals surface area contributed by atoms with Gasteiger partial charge in [0.15, 0.2) is 5.69 Å². The number of rotatable bonds is 5. The summed E-state index contributed by atoms with van der Waals surface area (Å²) in [5, 5.41) is 20.5. The molecule has 8 nitrogen and oxygen atoms in total. The van der Waals surface area contributed by atoms with Crippen molar-refractivity contribution in [1.82, 2.24) is 15.1 Å².